The van der Waals surface area contributed by atoms with Gasteiger partial charge in [-0.25, -0.2) is 0 Å². The van der Waals surface area contributed by atoms with Gasteiger partial charge in [-0.1, -0.05) is 11.6 Å². The van der Waals surface area contributed by atoms with Crippen molar-refractivity contribution in [1.29, 1.82) is 0 Å². The number of hydrogen-bond donors (Lipinski definition) is 1. The lowest BCUT2D eigenvalue weighted by atomic mass is 10.1. The maximum absolute atomic E-state index is 13.1. The summed E-state index contributed by atoms with van der Waals surface area (Å²) >= 11 is 11.1. The number of thiocarbonyl (C=S) groups is 1. The molecule has 0 atom stereocenters. The van der Waals surface area contributed by atoms with Crippen LogP contribution in [0.5, 0.6) is 0 Å². The maximum Gasteiger partial charge on any atom is 0.416 e. The van der Waals surface area contributed by atoms with E-state index in [9.17, 15) is 22.8 Å². The molecule has 162 valence electrons. The van der Waals surface area contributed by atoms with Crippen LogP contribution in [0.25, 0.3) is 11.8 Å². The molecule has 1 aromatic heterocycles. The van der Waals surface area contributed by atoms with Crippen molar-refractivity contribution >= 4 is 52.5 Å². The van der Waals surface area contributed by atoms with Crippen molar-refractivity contribution in [2.45, 2.75) is 6.18 Å². The van der Waals surface area contributed by atoms with E-state index < -0.39 is 23.6 Å². The van der Waals surface area contributed by atoms with Gasteiger partial charge in [0.25, 0.3) is 11.8 Å². The Kier molecular flexibility index (Phi) is 5.62. The molecule has 0 aliphatic carbocycles. The molecule has 3 aromatic rings. The van der Waals surface area contributed by atoms with Gasteiger partial charge in [-0.15, -0.1) is 0 Å². The zero-order valence-corrected chi connectivity index (χ0v) is 17.6. The first-order valence-electron chi connectivity index (χ1n) is 9.17. The summed E-state index contributed by atoms with van der Waals surface area (Å²) in [6.45, 7) is 0. The van der Waals surface area contributed by atoms with Crippen LogP contribution in [0.1, 0.15) is 11.3 Å². The molecule has 2 aromatic carbocycles. The third-order valence-corrected chi connectivity index (χ3v) is 5.27. The molecule has 1 saturated heterocycles. The minimum atomic E-state index is -4.45. The molecule has 0 spiro atoms. The number of hydrogen-bond acceptors (Lipinski definition) is 3. The van der Waals surface area contributed by atoms with E-state index in [1.165, 1.54) is 23.1 Å². The summed E-state index contributed by atoms with van der Waals surface area (Å²) in [5.41, 5.74) is 0.326. The predicted octanol–water partition coefficient (Wildman–Crippen LogP) is 4.98. The van der Waals surface area contributed by atoms with Crippen LogP contribution in [0, 0.1) is 0 Å². The fourth-order valence-corrected chi connectivity index (χ4v) is 3.59. The SMILES string of the molecule is O=C1NC(=S)N(c2ccc(Cl)cc2)C(=O)C1=Cc1cccn1-c1ccc(C(F)(F)F)cc1. The largest absolute Gasteiger partial charge is 0.416 e. The molecule has 5 nitrogen and oxygen atoms in total. The predicted molar refractivity (Wildman–Crippen MR) is 118 cm³/mol. The normalized spacial score (nSPS) is 15.9. The number of anilines is 1. The van der Waals surface area contributed by atoms with Gasteiger partial charge in [0.05, 0.1) is 11.3 Å². The second-order valence-corrected chi connectivity index (χ2v) is 7.61. The van der Waals surface area contributed by atoms with E-state index in [1.54, 1.807) is 47.2 Å². The molecule has 1 aliphatic heterocycles. The Morgan fingerprint density at radius 1 is 0.938 bits per heavy atom. The van der Waals surface area contributed by atoms with E-state index >= 15 is 0 Å². The van der Waals surface area contributed by atoms with Crippen LogP contribution in [0.3, 0.4) is 0 Å². The number of rotatable bonds is 3. The van der Waals surface area contributed by atoms with Gasteiger partial charge in [-0.2, -0.15) is 13.2 Å². The summed E-state index contributed by atoms with van der Waals surface area (Å²) in [6, 6.07) is 14.2. The average Bonchev–Trinajstić information content (AvgIpc) is 3.20. The molecule has 1 fully saturated rings. The summed E-state index contributed by atoms with van der Waals surface area (Å²) in [6.07, 6.45) is -1.47. The minimum absolute atomic E-state index is 0.0717. The molecule has 0 radical (unpaired) electrons. The van der Waals surface area contributed by atoms with Crippen molar-refractivity contribution in [2.75, 3.05) is 4.90 Å². The van der Waals surface area contributed by atoms with Crippen molar-refractivity contribution in [1.82, 2.24) is 9.88 Å². The van der Waals surface area contributed by atoms with Crippen molar-refractivity contribution in [3.05, 3.63) is 88.7 Å². The molecular weight excluding hydrogens is 463 g/mol. The number of carbonyl (C=O) groups excluding carboxylic acids is 2. The highest BCUT2D eigenvalue weighted by Gasteiger charge is 2.35. The van der Waals surface area contributed by atoms with Crippen LogP contribution in [-0.2, 0) is 15.8 Å². The number of aromatic nitrogens is 1. The van der Waals surface area contributed by atoms with Crippen molar-refractivity contribution in [3.63, 3.8) is 0 Å². The van der Waals surface area contributed by atoms with Gasteiger partial charge >= 0.3 is 6.18 Å². The third kappa shape index (κ3) is 4.17. The molecule has 1 aliphatic rings. The number of halogens is 4. The number of benzene rings is 2. The van der Waals surface area contributed by atoms with E-state index in [0.29, 0.717) is 22.1 Å². The Morgan fingerprint density at radius 2 is 1.56 bits per heavy atom. The molecule has 10 heteroatoms. The molecule has 0 unspecified atom stereocenters. The topological polar surface area (TPSA) is 54.3 Å². The molecule has 4 rings (SSSR count). The highest BCUT2D eigenvalue weighted by atomic mass is 35.5. The van der Waals surface area contributed by atoms with Gasteiger partial charge in [0.2, 0.25) is 0 Å². The number of carbonyl (C=O) groups is 2. The monoisotopic (exact) mass is 475 g/mol. The number of amides is 2. The Balaban J connectivity index is 1.70. The van der Waals surface area contributed by atoms with Crippen molar-refractivity contribution < 1.29 is 22.8 Å². The smallest absolute Gasteiger partial charge is 0.317 e. The lowest BCUT2D eigenvalue weighted by Crippen LogP contribution is -2.54. The quantitative estimate of drug-likeness (QED) is 0.330. The number of nitrogens with zero attached hydrogens (tertiary/aromatic N) is 2. The Morgan fingerprint density at radius 3 is 2.19 bits per heavy atom. The van der Waals surface area contributed by atoms with Crippen molar-refractivity contribution in [3.8, 4) is 5.69 Å². The van der Waals surface area contributed by atoms with Gasteiger partial charge < -0.3 is 4.57 Å². The van der Waals surface area contributed by atoms with E-state index in [4.69, 9.17) is 23.8 Å². The average molecular weight is 476 g/mol. The first-order valence-corrected chi connectivity index (χ1v) is 9.96. The Hall–Kier alpha value is -3.43. The van der Waals surface area contributed by atoms with Crippen LogP contribution in [0.15, 0.2) is 72.4 Å². The Labute approximate surface area is 190 Å². The van der Waals surface area contributed by atoms with E-state index in [-0.39, 0.29) is 10.7 Å². The third-order valence-electron chi connectivity index (χ3n) is 4.73. The second kappa shape index (κ2) is 8.25. The number of nitrogens with one attached hydrogen (secondary N) is 1. The van der Waals surface area contributed by atoms with Gasteiger partial charge in [-0.3, -0.25) is 19.8 Å². The first-order chi connectivity index (χ1) is 15.1. The lowest BCUT2D eigenvalue weighted by molar-refractivity contribution is -0.137. The van der Waals surface area contributed by atoms with Gasteiger partial charge in [0.1, 0.15) is 5.57 Å². The fraction of sp³-hybridized carbons (Fsp3) is 0.0455. The van der Waals surface area contributed by atoms with Crippen LogP contribution >= 0.6 is 23.8 Å². The minimum Gasteiger partial charge on any atom is -0.317 e. The lowest BCUT2D eigenvalue weighted by Gasteiger charge is -2.29. The van der Waals surface area contributed by atoms with Crippen molar-refractivity contribution in [2.24, 2.45) is 0 Å². The molecule has 32 heavy (non-hydrogen) atoms. The van der Waals surface area contributed by atoms with Crippen LogP contribution in [-0.4, -0.2) is 21.5 Å². The molecule has 0 saturated carbocycles. The number of alkyl halides is 3. The standard InChI is InChI=1S/C22H13ClF3N3O2S/c23-14-5-9-16(10-6-14)29-20(31)18(19(30)27-21(29)32)12-17-2-1-11-28(17)15-7-3-13(4-8-15)22(24,25)26/h1-12H,(H,27,30,32). The van der Waals surface area contributed by atoms with E-state index in [2.05, 4.69) is 5.32 Å². The summed E-state index contributed by atoms with van der Waals surface area (Å²) < 4.78 is 40.1. The first kappa shape index (κ1) is 21.8. The van der Waals surface area contributed by atoms with Crippen LogP contribution < -0.4 is 10.2 Å². The zero-order valence-electron chi connectivity index (χ0n) is 16.1. The molecule has 1 N–H and O–H groups in total. The molecule has 2 amide bonds. The van der Waals surface area contributed by atoms with Gasteiger partial charge in [0, 0.05) is 22.6 Å². The summed E-state index contributed by atoms with van der Waals surface area (Å²) in [4.78, 5) is 26.8. The molecule has 0 bridgehead atoms. The highest BCUT2D eigenvalue weighted by molar-refractivity contribution is 7.80. The van der Waals surface area contributed by atoms with Crippen LogP contribution in [0.4, 0.5) is 18.9 Å². The fourth-order valence-electron chi connectivity index (χ4n) is 3.19. The van der Waals surface area contributed by atoms with Gasteiger partial charge in [0.15, 0.2) is 5.11 Å². The molecule has 2 heterocycles. The van der Waals surface area contributed by atoms with Crippen LogP contribution in [0.2, 0.25) is 5.02 Å². The van der Waals surface area contributed by atoms with E-state index in [0.717, 1.165) is 12.1 Å². The second-order valence-electron chi connectivity index (χ2n) is 6.78. The summed E-state index contributed by atoms with van der Waals surface area (Å²) in [7, 11) is 0. The summed E-state index contributed by atoms with van der Waals surface area (Å²) in [5.74, 6) is -1.31. The molecular formula is C22H13ClF3N3O2S. The highest BCUT2D eigenvalue weighted by Crippen LogP contribution is 2.30. The maximum atomic E-state index is 13.1. The summed E-state index contributed by atoms with van der Waals surface area (Å²) in [5, 5.41) is 2.88. The zero-order chi connectivity index (χ0) is 23.0. The van der Waals surface area contributed by atoms with E-state index in [1.807, 2.05) is 0 Å². The Bertz CT molecular complexity index is 1250. The van der Waals surface area contributed by atoms with Gasteiger partial charge in [-0.05, 0) is 79.0 Å².